The van der Waals surface area contributed by atoms with E-state index < -0.39 is 15.9 Å². The molecule has 1 aliphatic rings. The van der Waals surface area contributed by atoms with Crippen molar-refractivity contribution in [2.24, 2.45) is 5.92 Å². The van der Waals surface area contributed by atoms with Crippen LogP contribution in [0.4, 0.5) is 5.69 Å². The molecule has 1 amide bonds. The maximum absolute atomic E-state index is 13.3. The van der Waals surface area contributed by atoms with E-state index in [4.69, 9.17) is 4.74 Å². The lowest BCUT2D eigenvalue weighted by atomic mass is 9.98. The molecule has 10 heteroatoms. The van der Waals surface area contributed by atoms with Crippen LogP contribution in [0.3, 0.4) is 0 Å². The molecule has 190 valence electrons. The normalized spacial score (nSPS) is 16.5. The number of aromatic nitrogens is 2. The third kappa shape index (κ3) is 5.66. The van der Waals surface area contributed by atoms with Gasteiger partial charge in [0.05, 0.1) is 17.4 Å². The Kier molecular flexibility index (Phi) is 7.56. The average molecular weight is 511 g/mol. The first-order chi connectivity index (χ1) is 17.2. The average Bonchev–Trinajstić information content (AvgIpc) is 2.85. The lowest BCUT2D eigenvalue weighted by Crippen LogP contribution is -2.43. The Morgan fingerprint density at radius 1 is 1.19 bits per heavy atom. The van der Waals surface area contributed by atoms with Crippen LogP contribution in [-0.2, 0) is 14.8 Å². The molecule has 0 saturated carbocycles. The summed E-state index contributed by atoms with van der Waals surface area (Å²) in [7, 11) is -3.75. The standard InChI is InChI=1S/C26H30N4O5S/c1-4-35-23-11-10-22(13-17(23)2)36(33,34)30-12-6-8-20(16-30)26(32)28-21-9-5-7-19(15-21)25-27-18(3)14-24(31)29-25/h5,7,9-11,13-15,20H,4,6,8,12,16H2,1-3H3,(H,28,32)(H,27,29,31). The minimum Gasteiger partial charge on any atom is -0.494 e. The molecule has 1 unspecified atom stereocenters. The number of aromatic amines is 1. The van der Waals surface area contributed by atoms with E-state index in [9.17, 15) is 18.0 Å². The number of ether oxygens (including phenoxy) is 1. The number of H-pyrrole nitrogens is 1. The Hall–Kier alpha value is -3.50. The minimum atomic E-state index is -3.75. The van der Waals surface area contributed by atoms with Gasteiger partial charge < -0.3 is 15.0 Å². The van der Waals surface area contributed by atoms with Gasteiger partial charge in [-0.1, -0.05) is 12.1 Å². The van der Waals surface area contributed by atoms with Gasteiger partial charge in [-0.25, -0.2) is 13.4 Å². The Labute approximate surface area is 210 Å². The Balaban J connectivity index is 1.48. The fourth-order valence-electron chi connectivity index (χ4n) is 4.33. The van der Waals surface area contributed by atoms with Gasteiger partial charge in [0, 0.05) is 36.1 Å². The summed E-state index contributed by atoms with van der Waals surface area (Å²) in [6.45, 7) is 6.39. The van der Waals surface area contributed by atoms with Crippen molar-refractivity contribution in [1.29, 1.82) is 0 Å². The summed E-state index contributed by atoms with van der Waals surface area (Å²) in [6.07, 6.45) is 1.18. The highest BCUT2D eigenvalue weighted by Gasteiger charge is 2.33. The molecular weight excluding hydrogens is 480 g/mol. The van der Waals surface area contributed by atoms with E-state index in [1.54, 1.807) is 49.4 Å². The first-order valence-corrected chi connectivity index (χ1v) is 13.3. The molecule has 9 nitrogen and oxygen atoms in total. The number of hydrogen-bond donors (Lipinski definition) is 2. The molecule has 1 atom stereocenters. The minimum absolute atomic E-state index is 0.104. The van der Waals surface area contributed by atoms with Crippen LogP contribution in [0.15, 0.2) is 58.2 Å². The van der Waals surface area contributed by atoms with Crippen LogP contribution in [0.2, 0.25) is 0 Å². The van der Waals surface area contributed by atoms with Crippen LogP contribution in [0.1, 0.15) is 31.0 Å². The molecule has 36 heavy (non-hydrogen) atoms. The predicted molar refractivity (Wildman–Crippen MR) is 137 cm³/mol. The maximum Gasteiger partial charge on any atom is 0.251 e. The summed E-state index contributed by atoms with van der Waals surface area (Å²) in [4.78, 5) is 32.1. The Bertz CT molecular complexity index is 1430. The highest BCUT2D eigenvalue weighted by Crippen LogP contribution is 2.28. The molecule has 3 aromatic rings. The smallest absolute Gasteiger partial charge is 0.251 e. The highest BCUT2D eigenvalue weighted by molar-refractivity contribution is 7.89. The van der Waals surface area contributed by atoms with E-state index in [2.05, 4.69) is 15.3 Å². The zero-order chi connectivity index (χ0) is 25.9. The number of carbonyl (C=O) groups is 1. The van der Waals surface area contributed by atoms with Gasteiger partial charge >= 0.3 is 0 Å². The van der Waals surface area contributed by atoms with Gasteiger partial charge in [0.15, 0.2) is 0 Å². The molecule has 0 aliphatic carbocycles. The van der Waals surface area contributed by atoms with Gasteiger partial charge in [-0.05, 0) is 69.5 Å². The SMILES string of the molecule is CCOc1ccc(S(=O)(=O)N2CCCC(C(=O)Nc3cccc(-c4nc(C)cc(=O)[nH]4)c3)C2)cc1C. The second-order valence-corrected chi connectivity index (χ2v) is 10.8. The van der Waals surface area contributed by atoms with Crippen molar-refractivity contribution >= 4 is 21.6 Å². The summed E-state index contributed by atoms with van der Waals surface area (Å²) in [5.41, 5.74) is 2.29. The van der Waals surface area contributed by atoms with Crippen LogP contribution in [-0.4, -0.2) is 48.3 Å². The van der Waals surface area contributed by atoms with Gasteiger partial charge in [0.1, 0.15) is 11.6 Å². The molecule has 4 rings (SSSR count). The molecule has 2 heterocycles. The summed E-state index contributed by atoms with van der Waals surface area (Å²) >= 11 is 0. The van der Waals surface area contributed by atoms with Crippen molar-refractivity contribution in [3.05, 3.63) is 70.1 Å². The zero-order valence-corrected chi connectivity index (χ0v) is 21.4. The number of rotatable bonds is 7. The van der Waals surface area contributed by atoms with E-state index in [0.29, 0.717) is 54.5 Å². The fraction of sp³-hybridized carbons (Fsp3) is 0.346. The first-order valence-electron chi connectivity index (χ1n) is 11.9. The van der Waals surface area contributed by atoms with Crippen LogP contribution < -0.4 is 15.6 Å². The molecule has 1 aromatic heterocycles. The van der Waals surface area contributed by atoms with Crippen LogP contribution >= 0.6 is 0 Å². The molecule has 0 radical (unpaired) electrons. The van der Waals surface area contributed by atoms with Gasteiger partial charge in [-0.2, -0.15) is 4.31 Å². The van der Waals surface area contributed by atoms with Crippen molar-refractivity contribution in [3.8, 4) is 17.1 Å². The van der Waals surface area contributed by atoms with Crippen molar-refractivity contribution < 1.29 is 17.9 Å². The number of nitrogens with one attached hydrogen (secondary N) is 2. The number of carbonyl (C=O) groups excluding carboxylic acids is 1. The van der Waals surface area contributed by atoms with Crippen LogP contribution in [0, 0.1) is 19.8 Å². The second-order valence-electron chi connectivity index (χ2n) is 8.87. The van der Waals surface area contributed by atoms with Gasteiger partial charge in [0.25, 0.3) is 5.56 Å². The molecule has 2 N–H and O–H groups in total. The molecule has 0 bridgehead atoms. The lowest BCUT2D eigenvalue weighted by Gasteiger charge is -2.31. The van der Waals surface area contributed by atoms with Crippen LogP contribution in [0.25, 0.3) is 11.4 Å². The summed E-state index contributed by atoms with van der Waals surface area (Å²) in [5, 5.41) is 2.90. The van der Waals surface area contributed by atoms with Gasteiger partial charge in [0.2, 0.25) is 15.9 Å². The summed E-state index contributed by atoms with van der Waals surface area (Å²) in [6, 6.07) is 13.3. The first kappa shape index (κ1) is 25.6. The van der Waals surface area contributed by atoms with Gasteiger partial charge in [-0.3, -0.25) is 9.59 Å². The molecular formula is C26H30N4O5S. The van der Waals surface area contributed by atoms with E-state index in [0.717, 1.165) is 5.56 Å². The van der Waals surface area contributed by atoms with Crippen molar-refractivity contribution in [2.45, 2.75) is 38.5 Å². The number of amides is 1. The van der Waals surface area contributed by atoms with Crippen molar-refractivity contribution in [1.82, 2.24) is 14.3 Å². The number of hydrogen-bond acceptors (Lipinski definition) is 6. The largest absolute Gasteiger partial charge is 0.494 e. The van der Waals surface area contributed by atoms with E-state index in [1.807, 2.05) is 13.8 Å². The Morgan fingerprint density at radius 2 is 2.00 bits per heavy atom. The van der Waals surface area contributed by atoms with E-state index >= 15 is 0 Å². The maximum atomic E-state index is 13.3. The topological polar surface area (TPSA) is 121 Å². The second kappa shape index (κ2) is 10.6. The number of anilines is 1. The zero-order valence-electron chi connectivity index (χ0n) is 20.6. The third-order valence-corrected chi connectivity index (χ3v) is 7.97. The molecule has 0 spiro atoms. The summed E-state index contributed by atoms with van der Waals surface area (Å²) in [5.74, 6) is 0.328. The third-order valence-electron chi connectivity index (χ3n) is 6.11. The predicted octanol–water partition coefficient (Wildman–Crippen LogP) is 3.49. The molecule has 1 saturated heterocycles. The van der Waals surface area contributed by atoms with E-state index in [1.165, 1.54) is 10.4 Å². The number of piperidine rings is 1. The lowest BCUT2D eigenvalue weighted by molar-refractivity contribution is -0.120. The summed E-state index contributed by atoms with van der Waals surface area (Å²) < 4.78 is 33.5. The number of benzene rings is 2. The monoisotopic (exact) mass is 510 g/mol. The van der Waals surface area contributed by atoms with Crippen molar-refractivity contribution in [2.75, 3.05) is 25.0 Å². The van der Waals surface area contributed by atoms with Gasteiger partial charge in [-0.15, -0.1) is 0 Å². The fourth-order valence-corrected chi connectivity index (χ4v) is 5.94. The highest BCUT2D eigenvalue weighted by atomic mass is 32.2. The Morgan fingerprint density at radius 3 is 2.72 bits per heavy atom. The van der Waals surface area contributed by atoms with Crippen molar-refractivity contribution in [3.63, 3.8) is 0 Å². The molecule has 1 fully saturated rings. The number of sulfonamides is 1. The quantitative estimate of drug-likeness (QED) is 0.502. The van der Waals surface area contributed by atoms with E-state index in [-0.39, 0.29) is 22.9 Å². The number of aryl methyl sites for hydroxylation is 2. The molecule has 2 aromatic carbocycles. The molecule has 1 aliphatic heterocycles. The number of nitrogens with zero attached hydrogens (tertiary/aromatic N) is 2. The van der Waals surface area contributed by atoms with Crippen LogP contribution in [0.5, 0.6) is 5.75 Å².